The lowest BCUT2D eigenvalue weighted by Gasteiger charge is -2.28. The number of rotatable bonds is 4. The number of carbonyl (C=O) groups excluding carboxylic acids is 2. The van der Waals surface area contributed by atoms with Crippen molar-refractivity contribution >= 4 is 11.9 Å². The van der Waals surface area contributed by atoms with E-state index in [0.717, 1.165) is 12.0 Å². The molecular formula is C17H19N3O3. The van der Waals surface area contributed by atoms with Crippen molar-refractivity contribution in [2.45, 2.75) is 19.5 Å². The molecule has 0 aliphatic carbocycles. The Kier molecular flexibility index (Phi) is 4.61. The van der Waals surface area contributed by atoms with Gasteiger partial charge in [-0.05, 0) is 29.7 Å². The van der Waals surface area contributed by atoms with Crippen LogP contribution in [0, 0.1) is 0 Å². The quantitative estimate of drug-likeness (QED) is 0.901. The lowest BCUT2D eigenvalue weighted by molar-refractivity contribution is -0.120. The predicted molar refractivity (Wildman–Crippen MR) is 84.5 cm³/mol. The number of nitrogens with zero attached hydrogens (tertiary/aromatic N) is 1. The first-order valence-corrected chi connectivity index (χ1v) is 7.61. The third kappa shape index (κ3) is 3.91. The van der Waals surface area contributed by atoms with E-state index in [-0.39, 0.29) is 18.5 Å². The minimum absolute atomic E-state index is 0.0440. The van der Waals surface area contributed by atoms with Crippen LogP contribution in [0.5, 0.6) is 0 Å². The molecule has 0 unspecified atom stereocenters. The fourth-order valence-corrected chi connectivity index (χ4v) is 2.60. The summed E-state index contributed by atoms with van der Waals surface area (Å²) in [5.41, 5.74) is 2.45. The first-order chi connectivity index (χ1) is 11.2. The summed E-state index contributed by atoms with van der Waals surface area (Å²) in [4.78, 5) is 25.6. The monoisotopic (exact) mass is 313 g/mol. The Morgan fingerprint density at radius 2 is 1.91 bits per heavy atom. The van der Waals surface area contributed by atoms with Crippen LogP contribution in [-0.2, 0) is 24.3 Å². The number of furan rings is 1. The van der Waals surface area contributed by atoms with Gasteiger partial charge in [0.2, 0.25) is 5.91 Å². The minimum atomic E-state index is -0.243. The summed E-state index contributed by atoms with van der Waals surface area (Å²) < 4.78 is 5.13. The minimum Gasteiger partial charge on any atom is -0.467 e. The molecule has 6 nitrogen and oxygen atoms in total. The van der Waals surface area contributed by atoms with E-state index in [0.29, 0.717) is 25.4 Å². The molecule has 0 atom stereocenters. The fraction of sp³-hybridized carbons (Fsp3) is 0.294. The fourth-order valence-electron chi connectivity index (χ4n) is 2.60. The van der Waals surface area contributed by atoms with Crippen LogP contribution >= 0.6 is 0 Å². The van der Waals surface area contributed by atoms with Gasteiger partial charge in [0.05, 0.1) is 19.4 Å². The molecule has 6 heteroatoms. The largest absolute Gasteiger partial charge is 0.467 e. The van der Waals surface area contributed by atoms with Crippen LogP contribution < -0.4 is 10.6 Å². The summed E-state index contributed by atoms with van der Waals surface area (Å²) in [5.74, 6) is 0.435. The number of fused-ring (bicyclic) bond motifs is 1. The van der Waals surface area contributed by atoms with Crippen molar-refractivity contribution in [2.24, 2.45) is 0 Å². The second-order valence-corrected chi connectivity index (χ2v) is 5.46. The van der Waals surface area contributed by atoms with E-state index < -0.39 is 0 Å². The summed E-state index contributed by atoms with van der Waals surface area (Å²) in [5, 5.41) is 5.35. The SMILES string of the molecule is O=C(CNC(=O)N1CCc2ccccc2C1)NCc1ccco1. The van der Waals surface area contributed by atoms with Gasteiger partial charge >= 0.3 is 6.03 Å². The smallest absolute Gasteiger partial charge is 0.318 e. The molecule has 3 rings (SSSR count). The third-order valence-corrected chi connectivity index (χ3v) is 3.86. The highest BCUT2D eigenvalue weighted by Crippen LogP contribution is 2.18. The highest BCUT2D eigenvalue weighted by Gasteiger charge is 2.20. The molecule has 23 heavy (non-hydrogen) atoms. The number of carbonyl (C=O) groups is 2. The van der Waals surface area contributed by atoms with Gasteiger partial charge in [-0.2, -0.15) is 0 Å². The van der Waals surface area contributed by atoms with Crippen LogP contribution in [0.1, 0.15) is 16.9 Å². The number of amides is 3. The van der Waals surface area contributed by atoms with Gasteiger partial charge in [-0.1, -0.05) is 24.3 Å². The van der Waals surface area contributed by atoms with E-state index in [2.05, 4.69) is 16.7 Å². The van der Waals surface area contributed by atoms with Crippen LogP contribution in [0.15, 0.2) is 47.1 Å². The second-order valence-electron chi connectivity index (χ2n) is 5.46. The Balaban J connectivity index is 1.44. The molecule has 3 amide bonds. The van der Waals surface area contributed by atoms with E-state index in [1.54, 1.807) is 23.3 Å². The number of urea groups is 1. The van der Waals surface area contributed by atoms with Gasteiger partial charge in [-0.25, -0.2) is 4.79 Å². The Labute approximate surface area is 134 Å². The molecule has 1 aromatic carbocycles. The van der Waals surface area contributed by atoms with Crippen LogP contribution in [0.3, 0.4) is 0 Å². The molecule has 0 fully saturated rings. The van der Waals surface area contributed by atoms with E-state index in [4.69, 9.17) is 4.42 Å². The van der Waals surface area contributed by atoms with Gasteiger partial charge in [0.1, 0.15) is 5.76 Å². The maximum atomic E-state index is 12.2. The lowest BCUT2D eigenvalue weighted by Crippen LogP contribution is -2.46. The molecule has 0 radical (unpaired) electrons. The van der Waals surface area contributed by atoms with Crippen molar-refractivity contribution in [2.75, 3.05) is 13.1 Å². The van der Waals surface area contributed by atoms with E-state index in [1.807, 2.05) is 18.2 Å². The molecule has 0 saturated heterocycles. The van der Waals surface area contributed by atoms with Crippen molar-refractivity contribution in [3.63, 3.8) is 0 Å². The first kappa shape index (κ1) is 15.1. The van der Waals surface area contributed by atoms with Gasteiger partial charge < -0.3 is 20.0 Å². The number of hydrogen-bond acceptors (Lipinski definition) is 3. The zero-order chi connectivity index (χ0) is 16.1. The Morgan fingerprint density at radius 3 is 2.70 bits per heavy atom. The van der Waals surface area contributed by atoms with Crippen molar-refractivity contribution in [1.82, 2.24) is 15.5 Å². The molecule has 1 aliphatic heterocycles. The average molecular weight is 313 g/mol. The molecule has 0 spiro atoms. The molecule has 1 aliphatic rings. The maximum absolute atomic E-state index is 12.2. The van der Waals surface area contributed by atoms with Crippen molar-refractivity contribution in [3.8, 4) is 0 Å². The Bertz CT molecular complexity index is 682. The summed E-state index contributed by atoms with van der Waals surface area (Å²) in [7, 11) is 0. The molecular weight excluding hydrogens is 294 g/mol. The van der Waals surface area contributed by atoms with Crippen molar-refractivity contribution < 1.29 is 14.0 Å². The molecule has 0 bridgehead atoms. The standard InChI is InChI=1S/C17H19N3O3/c21-16(18-10-15-6-3-9-23-15)11-19-17(22)20-8-7-13-4-1-2-5-14(13)12-20/h1-6,9H,7-8,10-12H2,(H,18,21)(H,19,22). The van der Waals surface area contributed by atoms with Crippen LogP contribution in [-0.4, -0.2) is 29.9 Å². The van der Waals surface area contributed by atoms with Crippen LogP contribution in [0.2, 0.25) is 0 Å². The van der Waals surface area contributed by atoms with Gasteiger partial charge in [-0.15, -0.1) is 0 Å². The number of nitrogens with one attached hydrogen (secondary N) is 2. The van der Waals surface area contributed by atoms with E-state index >= 15 is 0 Å². The number of benzene rings is 1. The first-order valence-electron chi connectivity index (χ1n) is 7.61. The van der Waals surface area contributed by atoms with E-state index in [9.17, 15) is 9.59 Å². The summed E-state index contributed by atoms with van der Waals surface area (Å²) in [6.07, 6.45) is 2.39. The summed E-state index contributed by atoms with van der Waals surface area (Å²) >= 11 is 0. The summed E-state index contributed by atoms with van der Waals surface area (Å²) in [6.45, 7) is 1.52. The number of hydrogen-bond donors (Lipinski definition) is 2. The van der Waals surface area contributed by atoms with Gasteiger partial charge in [0.15, 0.2) is 0 Å². The normalized spacial score (nSPS) is 13.3. The van der Waals surface area contributed by atoms with Gasteiger partial charge in [0, 0.05) is 13.1 Å². The highest BCUT2D eigenvalue weighted by molar-refractivity contribution is 5.84. The molecule has 120 valence electrons. The average Bonchev–Trinajstić information content (AvgIpc) is 3.11. The third-order valence-electron chi connectivity index (χ3n) is 3.86. The van der Waals surface area contributed by atoms with Crippen LogP contribution in [0.4, 0.5) is 4.79 Å². The predicted octanol–water partition coefficient (Wildman–Crippen LogP) is 1.66. The van der Waals surface area contributed by atoms with E-state index in [1.165, 1.54) is 5.56 Å². The van der Waals surface area contributed by atoms with Crippen molar-refractivity contribution in [1.29, 1.82) is 0 Å². The Hall–Kier alpha value is -2.76. The zero-order valence-electron chi connectivity index (χ0n) is 12.7. The molecule has 0 saturated carbocycles. The Morgan fingerprint density at radius 1 is 1.09 bits per heavy atom. The second kappa shape index (κ2) is 7.00. The van der Waals surface area contributed by atoms with Crippen LogP contribution in [0.25, 0.3) is 0 Å². The molecule has 2 aromatic rings. The van der Waals surface area contributed by atoms with Crippen molar-refractivity contribution in [3.05, 3.63) is 59.5 Å². The molecule has 2 heterocycles. The molecule has 1 aromatic heterocycles. The topological polar surface area (TPSA) is 74.6 Å². The molecule has 2 N–H and O–H groups in total. The van der Waals surface area contributed by atoms with Gasteiger partial charge in [-0.3, -0.25) is 4.79 Å². The van der Waals surface area contributed by atoms with Gasteiger partial charge in [0.25, 0.3) is 0 Å². The highest BCUT2D eigenvalue weighted by atomic mass is 16.3. The summed E-state index contributed by atoms with van der Waals surface area (Å²) in [6, 6.07) is 11.4. The zero-order valence-corrected chi connectivity index (χ0v) is 12.7. The maximum Gasteiger partial charge on any atom is 0.318 e. The lowest BCUT2D eigenvalue weighted by atomic mass is 10.0.